The molecule has 0 unspecified atom stereocenters. The van der Waals surface area contributed by atoms with Gasteiger partial charge >= 0.3 is 5.97 Å². The Morgan fingerprint density at radius 3 is 2.77 bits per heavy atom. The van der Waals surface area contributed by atoms with Crippen LogP contribution < -0.4 is 10.2 Å². The molecule has 0 spiro atoms. The number of hydrogen-bond donors (Lipinski definition) is 2. The number of carbonyl (C=O) groups excluding carboxylic acids is 1. The van der Waals surface area contributed by atoms with Crippen LogP contribution in [0.3, 0.4) is 0 Å². The molecule has 158 valence electrons. The Kier molecular flexibility index (Phi) is 6.59. The van der Waals surface area contributed by atoms with Gasteiger partial charge in [-0.2, -0.15) is 0 Å². The monoisotopic (exact) mass is 407 g/mol. The van der Waals surface area contributed by atoms with E-state index in [-0.39, 0.29) is 5.97 Å². The minimum Gasteiger partial charge on any atom is -0.462 e. The molecule has 3 aromatic rings. The summed E-state index contributed by atoms with van der Waals surface area (Å²) < 4.78 is 4.98. The molecule has 4 rings (SSSR count). The van der Waals surface area contributed by atoms with Crippen LogP contribution in [0.25, 0.3) is 10.9 Å². The van der Waals surface area contributed by atoms with Gasteiger partial charge in [0.2, 0.25) is 5.95 Å². The van der Waals surface area contributed by atoms with Crippen LogP contribution in [0, 0.1) is 5.92 Å². The number of fused-ring (bicyclic) bond motifs is 1. The fourth-order valence-electron chi connectivity index (χ4n) is 4.01. The van der Waals surface area contributed by atoms with Crippen molar-refractivity contribution in [3.8, 4) is 0 Å². The summed E-state index contributed by atoms with van der Waals surface area (Å²) >= 11 is 0. The molecule has 0 radical (unpaired) electrons. The summed E-state index contributed by atoms with van der Waals surface area (Å²) in [5, 5.41) is 4.95. The number of piperidine rings is 1. The quantitative estimate of drug-likeness (QED) is 0.441. The molecule has 7 heteroatoms. The highest BCUT2D eigenvalue weighted by atomic mass is 16.5. The number of aromatic amines is 1. The topological polar surface area (TPSA) is 83.1 Å². The third-order valence-corrected chi connectivity index (χ3v) is 5.73. The van der Waals surface area contributed by atoms with Gasteiger partial charge in [0.05, 0.1) is 12.2 Å². The zero-order chi connectivity index (χ0) is 20.8. The first-order valence-corrected chi connectivity index (χ1v) is 10.7. The number of hydrogen-bond acceptors (Lipinski definition) is 6. The van der Waals surface area contributed by atoms with Crippen molar-refractivity contribution in [3.05, 3.63) is 54.0 Å². The highest BCUT2D eigenvalue weighted by Gasteiger charge is 2.21. The van der Waals surface area contributed by atoms with E-state index in [4.69, 9.17) is 4.74 Å². The predicted molar refractivity (Wildman–Crippen MR) is 118 cm³/mol. The number of carbonyl (C=O) groups is 1. The SMILES string of the molecule is CCOC(=O)c1cnc(N2CCC(CNCCc3c[nH]c4ccccc34)CC2)nc1. The first-order valence-electron chi connectivity index (χ1n) is 10.7. The van der Waals surface area contributed by atoms with E-state index in [0.29, 0.717) is 24.0 Å². The average Bonchev–Trinajstić information content (AvgIpc) is 3.21. The summed E-state index contributed by atoms with van der Waals surface area (Å²) in [4.78, 5) is 26.0. The Bertz CT molecular complexity index is 961. The summed E-state index contributed by atoms with van der Waals surface area (Å²) in [5.41, 5.74) is 2.98. The second-order valence-electron chi connectivity index (χ2n) is 7.74. The molecule has 0 atom stereocenters. The molecule has 30 heavy (non-hydrogen) atoms. The Morgan fingerprint density at radius 1 is 1.23 bits per heavy atom. The molecule has 3 heterocycles. The van der Waals surface area contributed by atoms with Crippen LogP contribution in [0.1, 0.15) is 35.7 Å². The van der Waals surface area contributed by atoms with Crippen LogP contribution in [-0.4, -0.2) is 53.7 Å². The lowest BCUT2D eigenvalue weighted by Crippen LogP contribution is -2.38. The summed E-state index contributed by atoms with van der Waals surface area (Å²) in [6.07, 6.45) is 8.49. The number of ether oxygens (including phenoxy) is 1. The summed E-state index contributed by atoms with van der Waals surface area (Å²) in [5.74, 6) is 0.985. The molecule has 1 fully saturated rings. The highest BCUT2D eigenvalue weighted by Crippen LogP contribution is 2.21. The molecule has 0 bridgehead atoms. The molecule has 1 aromatic carbocycles. The number of esters is 1. The molecule has 1 aliphatic rings. The maximum Gasteiger partial charge on any atom is 0.341 e. The third kappa shape index (κ3) is 4.79. The van der Waals surface area contributed by atoms with E-state index < -0.39 is 0 Å². The van der Waals surface area contributed by atoms with Crippen molar-refractivity contribution in [2.75, 3.05) is 37.7 Å². The predicted octanol–water partition coefficient (Wildman–Crippen LogP) is 3.18. The zero-order valence-electron chi connectivity index (χ0n) is 17.4. The molecule has 0 aliphatic carbocycles. The van der Waals surface area contributed by atoms with E-state index >= 15 is 0 Å². The molecule has 2 N–H and O–H groups in total. The van der Waals surface area contributed by atoms with Gasteiger partial charge < -0.3 is 19.9 Å². The largest absolute Gasteiger partial charge is 0.462 e. The van der Waals surface area contributed by atoms with Gasteiger partial charge in [0.25, 0.3) is 0 Å². The number of nitrogens with zero attached hydrogens (tertiary/aromatic N) is 3. The lowest BCUT2D eigenvalue weighted by Gasteiger charge is -2.32. The minimum atomic E-state index is -0.374. The normalized spacial score (nSPS) is 14.9. The van der Waals surface area contributed by atoms with Crippen molar-refractivity contribution in [1.82, 2.24) is 20.3 Å². The van der Waals surface area contributed by atoms with Crippen molar-refractivity contribution in [1.29, 1.82) is 0 Å². The first-order chi connectivity index (χ1) is 14.7. The van der Waals surface area contributed by atoms with E-state index in [2.05, 4.69) is 55.6 Å². The van der Waals surface area contributed by atoms with E-state index in [0.717, 1.165) is 45.4 Å². The highest BCUT2D eigenvalue weighted by molar-refractivity contribution is 5.88. The maximum atomic E-state index is 11.7. The van der Waals surface area contributed by atoms with Crippen LogP contribution in [0.5, 0.6) is 0 Å². The van der Waals surface area contributed by atoms with Gasteiger partial charge in [-0.25, -0.2) is 14.8 Å². The molecular formula is C23H29N5O2. The average molecular weight is 408 g/mol. The van der Waals surface area contributed by atoms with Crippen LogP contribution in [-0.2, 0) is 11.2 Å². The second-order valence-corrected chi connectivity index (χ2v) is 7.74. The van der Waals surface area contributed by atoms with Crippen molar-refractivity contribution in [2.24, 2.45) is 5.92 Å². The number of aromatic nitrogens is 3. The van der Waals surface area contributed by atoms with Crippen LogP contribution in [0.15, 0.2) is 42.9 Å². The zero-order valence-corrected chi connectivity index (χ0v) is 17.4. The number of H-pyrrole nitrogens is 1. The first kappa shape index (κ1) is 20.3. The van der Waals surface area contributed by atoms with E-state index in [9.17, 15) is 4.79 Å². The fraction of sp³-hybridized carbons (Fsp3) is 0.435. The Morgan fingerprint density at radius 2 is 2.00 bits per heavy atom. The summed E-state index contributed by atoms with van der Waals surface area (Å²) in [6.45, 7) is 6.04. The summed E-state index contributed by atoms with van der Waals surface area (Å²) in [7, 11) is 0. The van der Waals surface area contributed by atoms with Gasteiger partial charge in [-0.05, 0) is 56.8 Å². The maximum absolute atomic E-state index is 11.7. The van der Waals surface area contributed by atoms with E-state index in [1.54, 1.807) is 19.3 Å². The van der Waals surface area contributed by atoms with Crippen molar-refractivity contribution in [3.63, 3.8) is 0 Å². The standard InChI is InChI=1S/C23H29N5O2/c1-2-30-22(29)19-15-26-23(27-16-19)28-11-8-17(9-12-28)13-24-10-7-18-14-25-21-6-4-3-5-20(18)21/h3-6,14-17,24-25H,2,7-13H2,1H3. The Labute approximate surface area is 176 Å². The van der Waals surface area contributed by atoms with Gasteiger partial charge in [0.1, 0.15) is 0 Å². The van der Waals surface area contributed by atoms with Crippen molar-refractivity contribution in [2.45, 2.75) is 26.2 Å². The lowest BCUT2D eigenvalue weighted by atomic mass is 9.97. The van der Waals surface area contributed by atoms with Crippen LogP contribution in [0.4, 0.5) is 5.95 Å². The van der Waals surface area contributed by atoms with E-state index in [1.165, 1.54) is 16.5 Å². The minimum absolute atomic E-state index is 0.351. The molecule has 1 aliphatic heterocycles. The van der Waals surface area contributed by atoms with Crippen LogP contribution >= 0.6 is 0 Å². The molecule has 1 saturated heterocycles. The Hall–Kier alpha value is -2.93. The fourth-order valence-corrected chi connectivity index (χ4v) is 4.01. The van der Waals surface area contributed by atoms with Gasteiger partial charge in [-0.15, -0.1) is 0 Å². The number of anilines is 1. The van der Waals surface area contributed by atoms with Crippen molar-refractivity contribution >= 4 is 22.8 Å². The van der Waals surface area contributed by atoms with E-state index in [1.807, 2.05) is 0 Å². The van der Waals surface area contributed by atoms with Crippen LogP contribution in [0.2, 0.25) is 0 Å². The van der Waals surface area contributed by atoms with Gasteiger partial charge in [-0.1, -0.05) is 18.2 Å². The number of benzene rings is 1. The molecular weight excluding hydrogens is 378 g/mol. The van der Waals surface area contributed by atoms with Gasteiger partial charge in [-0.3, -0.25) is 0 Å². The smallest absolute Gasteiger partial charge is 0.341 e. The van der Waals surface area contributed by atoms with Gasteiger partial charge in [0, 0.05) is 42.6 Å². The molecule has 0 saturated carbocycles. The summed E-state index contributed by atoms with van der Waals surface area (Å²) in [6, 6.07) is 8.45. The number of nitrogens with one attached hydrogen (secondary N) is 2. The second kappa shape index (κ2) is 9.71. The number of para-hydroxylation sites is 1. The molecule has 7 nitrogen and oxygen atoms in total. The Balaban J connectivity index is 1.19. The molecule has 2 aromatic heterocycles. The van der Waals surface area contributed by atoms with Gasteiger partial charge in [0.15, 0.2) is 0 Å². The lowest BCUT2D eigenvalue weighted by molar-refractivity contribution is 0.0525. The molecule has 0 amide bonds. The van der Waals surface area contributed by atoms with Crippen molar-refractivity contribution < 1.29 is 9.53 Å². The third-order valence-electron chi connectivity index (χ3n) is 5.73. The number of rotatable bonds is 8.